The molecule has 1 atom stereocenters. The Morgan fingerprint density at radius 2 is 1.63 bits per heavy atom. The SMILES string of the molecule is CCCCOCCOCCNC(=NC)NCC(C)CN1CCN(CC)CC1. The van der Waals surface area contributed by atoms with Gasteiger partial charge < -0.3 is 29.9 Å². The van der Waals surface area contributed by atoms with Crippen LogP contribution in [0.1, 0.15) is 33.6 Å². The van der Waals surface area contributed by atoms with Gasteiger partial charge in [0, 0.05) is 59.5 Å². The lowest BCUT2D eigenvalue weighted by Crippen LogP contribution is -2.48. The van der Waals surface area contributed by atoms with Gasteiger partial charge >= 0.3 is 0 Å². The second kappa shape index (κ2) is 16.1. The minimum atomic E-state index is 0.591. The zero-order valence-electron chi connectivity index (χ0n) is 18.1. The van der Waals surface area contributed by atoms with Gasteiger partial charge in [-0.05, 0) is 18.9 Å². The van der Waals surface area contributed by atoms with Gasteiger partial charge in [-0.1, -0.05) is 27.2 Å². The molecule has 1 aliphatic rings. The van der Waals surface area contributed by atoms with Crippen LogP contribution in [0, 0.1) is 5.92 Å². The molecule has 160 valence electrons. The lowest BCUT2D eigenvalue weighted by Gasteiger charge is -2.35. The van der Waals surface area contributed by atoms with E-state index in [0.717, 1.165) is 38.6 Å². The van der Waals surface area contributed by atoms with Crippen LogP contribution in [-0.4, -0.2) is 102 Å². The number of nitrogens with one attached hydrogen (secondary N) is 2. The summed E-state index contributed by atoms with van der Waals surface area (Å²) < 4.78 is 11.0. The number of unbranched alkanes of at least 4 members (excludes halogenated alkanes) is 1. The summed E-state index contributed by atoms with van der Waals surface area (Å²) in [5, 5.41) is 6.73. The Balaban J connectivity index is 2.02. The Labute approximate surface area is 166 Å². The molecule has 1 saturated heterocycles. The van der Waals surface area contributed by atoms with Crippen LogP contribution in [-0.2, 0) is 9.47 Å². The maximum absolute atomic E-state index is 5.57. The molecule has 0 bridgehead atoms. The molecule has 0 aromatic heterocycles. The highest BCUT2D eigenvalue weighted by molar-refractivity contribution is 5.79. The van der Waals surface area contributed by atoms with Gasteiger partial charge in [-0.3, -0.25) is 4.99 Å². The number of ether oxygens (including phenoxy) is 2. The molecule has 1 unspecified atom stereocenters. The van der Waals surface area contributed by atoms with Gasteiger partial charge in [-0.25, -0.2) is 0 Å². The monoisotopic (exact) mass is 385 g/mol. The molecule has 1 fully saturated rings. The molecule has 0 aromatic carbocycles. The van der Waals surface area contributed by atoms with Gasteiger partial charge in [0.1, 0.15) is 0 Å². The summed E-state index contributed by atoms with van der Waals surface area (Å²) >= 11 is 0. The van der Waals surface area contributed by atoms with E-state index in [1.165, 1.54) is 39.1 Å². The maximum Gasteiger partial charge on any atom is 0.191 e. The molecule has 0 spiro atoms. The summed E-state index contributed by atoms with van der Waals surface area (Å²) in [6.07, 6.45) is 2.29. The van der Waals surface area contributed by atoms with Crippen LogP contribution < -0.4 is 10.6 Å². The zero-order valence-corrected chi connectivity index (χ0v) is 18.1. The fourth-order valence-electron chi connectivity index (χ4n) is 3.09. The van der Waals surface area contributed by atoms with E-state index in [1.807, 2.05) is 7.05 Å². The summed E-state index contributed by atoms with van der Waals surface area (Å²) in [6.45, 7) is 18.3. The van der Waals surface area contributed by atoms with Gasteiger partial charge in [-0.15, -0.1) is 0 Å². The summed E-state index contributed by atoms with van der Waals surface area (Å²) in [4.78, 5) is 9.38. The van der Waals surface area contributed by atoms with Crippen molar-refractivity contribution in [1.82, 2.24) is 20.4 Å². The van der Waals surface area contributed by atoms with Crippen molar-refractivity contribution in [3.05, 3.63) is 0 Å². The largest absolute Gasteiger partial charge is 0.379 e. The second-order valence-corrected chi connectivity index (χ2v) is 7.30. The van der Waals surface area contributed by atoms with E-state index in [9.17, 15) is 0 Å². The highest BCUT2D eigenvalue weighted by atomic mass is 16.5. The number of rotatable bonds is 14. The van der Waals surface area contributed by atoms with E-state index < -0.39 is 0 Å². The lowest BCUT2D eigenvalue weighted by atomic mass is 10.1. The van der Waals surface area contributed by atoms with Crippen LogP contribution in [0.4, 0.5) is 0 Å². The first-order chi connectivity index (χ1) is 13.2. The maximum atomic E-state index is 5.57. The number of hydrogen-bond donors (Lipinski definition) is 2. The molecular formula is C20H43N5O2. The number of likely N-dealkylation sites (N-methyl/N-ethyl adjacent to an activating group) is 1. The molecule has 1 aliphatic heterocycles. The number of aliphatic imine (C=N–C) groups is 1. The van der Waals surface area contributed by atoms with E-state index in [1.54, 1.807) is 0 Å². The quantitative estimate of drug-likeness (QED) is 0.267. The first-order valence-electron chi connectivity index (χ1n) is 10.7. The minimum Gasteiger partial charge on any atom is -0.379 e. The van der Waals surface area contributed by atoms with E-state index in [0.29, 0.717) is 25.7 Å². The lowest BCUT2D eigenvalue weighted by molar-refractivity contribution is 0.0487. The van der Waals surface area contributed by atoms with Gasteiger partial charge in [0.05, 0.1) is 19.8 Å². The van der Waals surface area contributed by atoms with Crippen molar-refractivity contribution in [3.63, 3.8) is 0 Å². The fourth-order valence-corrected chi connectivity index (χ4v) is 3.09. The van der Waals surface area contributed by atoms with E-state index in [4.69, 9.17) is 9.47 Å². The van der Waals surface area contributed by atoms with Gasteiger partial charge in [0.2, 0.25) is 0 Å². The van der Waals surface area contributed by atoms with E-state index in [-0.39, 0.29) is 0 Å². The molecule has 0 radical (unpaired) electrons. The predicted molar refractivity (Wildman–Crippen MR) is 114 cm³/mol. The van der Waals surface area contributed by atoms with Crippen LogP contribution in [0.3, 0.4) is 0 Å². The van der Waals surface area contributed by atoms with Crippen LogP contribution in [0.25, 0.3) is 0 Å². The Bertz CT molecular complexity index is 373. The van der Waals surface area contributed by atoms with Crippen molar-refractivity contribution in [2.45, 2.75) is 33.6 Å². The van der Waals surface area contributed by atoms with Gasteiger partial charge in [0.25, 0.3) is 0 Å². The predicted octanol–water partition coefficient (Wildman–Crippen LogP) is 1.26. The molecule has 0 aliphatic carbocycles. The third-order valence-electron chi connectivity index (χ3n) is 4.88. The number of nitrogens with zero attached hydrogens (tertiary/aromatic N) is 3. The molecule has 0 aromatic rings. The van der Waals surface area contributed by atoms with E-state index in [2.05, 4.69) is 46.2 Å². The Morgan fingerprint density at radius 1 is 0.963 bits per heavy atom. The Morgan fingerprint density at radius 3 is 2.26 bits per heavy atom. The molecule has 27 heavy (non-hydrogen) atoms. The fraction of sp³-hybridized carbons (Fsp3) is 0.950. The average molecular weight is 386 g/mol. The van der Waals surface area contributed by atoms with Gasteiger partial charge in [0.15, 0.2) is 5.96 Å². The molecule has 7 heteroatoms. The second-order valence-electron chi connectivity index (χ2n) is 7.30. The van der Waals surface area contributed by atoms with Crippen molar-refractivity contribution in [2.75, 3.05) is 85.8 Å². The van der Waals surface area contributed by atoms with Crippen LogP contribution in [0.2, 0.25) is 0 Å². The third kappa shape index (κ3) is 12.2. The molecule has 0 amide bonds. The summed E-state index contributed by atoms with van der Waals surface area (Å²) in [5.74, 6) is 1.44. The highest BCUT2D eigenvalue weighted by Crippen LogP contribution is 2.05. The topological polar surface area (TPSA) is 61.4 Å². The smallest absolute Gasteiger partial charge is 0.191 e. The molecule has 0 saturated carbocycles. The van der Waals surface area contributed by atoms with Crippen LogP contribution in [0.15, 0.2) is 4.99 Å². The summed E-state index contributed by atoms with van der Waals surface area (Å²) in [7, 11) is 1.81. The number of hydrogen-bond acceptors (Lipinski definition) is 5. The standard InChI is InChI=1S/C20H43N5O2/c1-5-7-13-26-15-16-27-14-8-22-20(21-4)23-17-19(3)18-25-11-9-24(6-2)10-12-25/h19H,5-18H2,1-4H3,(H2,21,22,23). The van der Waals surface area contributed by atoms with Crippen molar-refractivity contribution in [3.8, 4) is 0 Å². The molecular weight excluding hydrogens is 342 g/mol. The molecule has 1 rings (SSSR count). The Kier molecular flexibility index (Phi) is 14.4. The van der Waals surface area contributed by atoms with Crippen molar-refractivity contribution in [2.24, 2.45) is 10.9 Å². The van der Waals surface area contributed by atoms with Crippen molar-refractivity contribution >= 4 is 5.96 Å². The average Bonchev–Trinajstić information content (AvgIpc) is 2.69. The number of guanidine groups is 1. The van der Waals surface area contributed by atoms with Crippen LogP contribution in [0.5, 0.6) is 0 Å². The summed E-state index contributed by atoms with van der Waals surface area (Å²) in [5.41, 5.74) is 0. The first-order valence-corrected chi connectivity index (χ1v) is 10.7. The normalized spacial score (nSPS) is 17.9. The minimum absolute atomic E-state index is 0.591. The third-order valence-corrected chi connectivity index (χ3v) is 4.88. The van der Waals surface area contributed by atoms with E-state index >= 15 is 0 Å². The first kappa shape index (κ1) is 24.1. The molecule has 2 N–H and O–H groups in total. The van der Waals surface area contributed by atoms with Crippen molar-refractivity contribution < 1.29 is 9.47 Å². The number of piperazine rings is 1. The highest BCUT2D eigenvalue weighted by Gasteiger charge is 2.17. The van der Waals surface area contributed by atoms with Gasteiger partial charge in [-0.2, -0.15) is 0 Å². The van der Waals surface area contributed by atoms with Crippen molar-refractivity contribution in [1.29, 1.82) is 0 Å². The molecule has 7 nitrogen and oxygen atoms in total. The Hall–Kier alpha value is -0.890. The summed E-state index contributed by atoms with van der Waals surface area (Å²) in [6, 6.07) is 0. The molecule has 1 heterocycles. The van der Waals surface area contributed by atoms with Crippen LogP contribution >= 0.6 is 0 Å². The zero-order chi connectivity index (χ0) is 19.7.